The Hall–Kier alpha value is -5.48. The molecule has 3 aromatic rings. The lowest BCUT2D eigenvalue weighted by molar-refractivity contribution is -0.172. The Labute approximate surface area is 290 Å². The molecule has 0 bridgehead atoms. The zero-order valence-electron chi connectivity index (χ0n) is 28.5. The number of unbranched alkanes of at least 4 members (excludes halogenated alkanes) is 2. The Morgan fingerprint density at radius 2 is 1.96 bits per heavy atom. The standard InChI is InChI=1S/C35H38FN7O8/c1-5-35(49)24-16-27-30-21(18-43(27)32(46)23(24)19-50-33(35)47)15-20(2)26(38-30)12-11-22(13-14-42(3)4)51-29(45)10-8-6-7-9-28(44)40-41-31-25(36)17-37-34(48)39-31/h11-12,15-17,49H,2,5-10,13-14,18-19H2,1,3-4H3,(H,37,39,48)/b22-11+,26-12+,41-40?/t35-/m0/s1. The molecule has 5 heterocycles. The number of azo groups is 1. The van der Waals surface area contributed by atoms with Gasteiger partial charge in [-0.25, -0.2) is 19.0 Å². The van der Waals surface area contributed by atoms with Crippen LogP contribution in [0.5, 0.6) is 0 Å². The maximum absolute atomic E-state index is 13.6. The molecule has 5 rings (SSSR count). The number of hydrogen-bond donors (Lipinski definition) is 2. The van der Waals surface area contributed by atoms with E-state index in [4.69, 9.17) is 14.5 Å². The van der Waals surface area contributed by atoms with Gasteiger partial charge >= 0.3 is 17.6 Å². The van der Waals surface area contributed by atoms with Crippen LogP contribution in [-0.2, 0) is 42.6 Å². The lowest BCUT2D eigenvalue weighted by atomic mass is 9.86. The van der Waals surface area contributed by atoms with E-state index in [0.717, 1.165) is 5.56 Å². The number of aromatic nitrogens is 4. The zero-order valence-corrected chi connectivity index (χ0v) is 28.5. The first kappa shape index (κ1) is 36.8. The lowest BCUT2D eigenvalue weighted by Gasteiger charge is -2.31. The van der Waals surface area contributed by atoms with E-state index in [1.165, 1.54) is 0 Å². The smallest absolute Gasteiger partial charge is 0.346 e. The fourth-order valence-corrected chi connectivity index (χ4v) is 5.72. The number of nitrogens with zero attached hydrogens (tertiary/aromatic N) is 6. The molecule has 0 unspecified atom stereocenters. The van der Waals surface area contributed by atoms with Crippen molar-refractivity contribution >= 4 is 36.3 Å². The number of nitrogens with one attached hydrogen (secondary N) is 1. The van der Waals surface area contributed by atoms with Crippen LogP contribution in [0.3, 0.4) is 0 Å². The minimum atomic E-state index is -1.93. The summed E-state index contributed by atoms with van der Waals surface area (Å²) < 4.78 is 26.0. The number of rotatable bonds is 13. The first-order chi connectivity index (χ1) is 24.3. The SMILES string of the molecule is C=c1cc2c(n/c1=C/C=C(\CCN(C)C)OC(=O)CCCCCC(=O)N=Nc1[nH]c(=O)ncc1F)-c1cc3c(c(=O)n1C2)COC(=O)[C@]3(O)CC. The minimum Gasteiger partial charge on any atom is -0.458 e. The van der Waals surface area contributed by atoms with Crippen LogP contribution >= 0.6 is 0 Å². The van der Waals surface area contributed by atoms with Crippen LogP contribution in [0.4, 0.5) is 10.2 Å². The van der Waals surface area contributed by atoms with E-state index < -0.39 is 40.8 Å². The Bertz CT molecular complexity index is 2180. The number of halogens is 1. The molecule has 1 amide bonds. The first-order valence-electron chi connectivity index (χ1n) is 16.4. The predicted molar refractivity (Wildman–Crippen MR) is 181 cm³/mol. The number of cyclic esters (lactones) is 1. The second-order valence-electron chi connectivity index (χ2n) is 12.5. The minimum absolute atomic E-state index is 0.0210. The molecule has 0 aliphatic carbocycles. The average Bonchev–Trinajstić information content (AvgIpc) is 3.45. The number of amides is 1. The maximum atomic E-state index is 13.6. The summed E-state index contributed by atoms with van der Waals surface area (Å²) in [7, 11) is 3.79. The second kappa shape index (κ2) is 15.6. The fourth-order valence-electron chi connectivity index (χ4n) is 5.72. The van der Waals surface area contributed by atoms with Crippen LogP contribution in [0.15, 0.2) is 50.0 Å². The highest BCUT2D eigenvalue weighted by Crippen LogP contribution is 2.37. The van der Waals surface area contributed by atoms with E-state index >= 15 is 0 Å². The third kappa shape index (κ3) is 8.29. The molecular weight excluding hydrogens is 665 g/mol. The van der Waals surface area contributed by atoms with Gasteiger partial charge < -0.3 is 24.0 Å². The van der Waals surface area contributed by atoms with Crippen molar-refractivity contribution in [2.75, 3.05) is 20.6 Å². The summed E-state index contributed by atoms with van der Waals surface area (Å²) in [5.41, 5.74) is -0.901. The number of carbonyl (C=O) groups is 3. The molecule has 51 heavy (non-hydrogen) atoms. The van der Waals surface area contributed by atoms with Gasteiger partial charge in [0, 0.05) is 36.9 Å². The van der Waals surface area contributed by atoms with Gasteiger partial charge in [-0.1, -0.05) is 19.9 Å². The van der Waals surface area contributed by atoms with Gasteiger partial charge in [0.25, 0.3) is 11.5 Å². The molecule has 2 N–H and O–H groups in total. The van der Waals surface area contributed by atoms with Crippen LogP contribution in [0.1, 0.15) is 68.6 Å². The van der Waals surface area contributed by atoms with E-state index in [9.17, 15) is 33.5 Å². The van der Waals surface area contributed by atoms with Crippen molar-refractivity contribution in [1.29, 1.82) is 0 Å². The van der Waals surface area contributed by atoms with Crippen molar-refractivity contribution < 1.29 is 33.4 Å². The number of hydrogen-bond acceptors (Lipinski definition) is 12. The van der Waals surface area contributed by atoms with Crippen LogP contribution in [0.25, 0.3) is 24.0 Å². The van der Waals surface area contributed by atoms with Crippen LogP contribution in [0.2, 0.25) is 0 Å². The largest absolute Gasteiger partial charge is 0.458 e. The van der Waals surface area contributed by atoms with E-state index in [0.29, 0.717) is 66.1 Å². The third-order valence-electron chi connectivity index (χ3n) is 8.58. The molecule has 0 fully saturated rings. The molecule has 1 atom stereocenters. The number of H-pyrrole nitrogens is 1. The molecule has 2 aliphatic rings. The molecule has 16 heteroatoms. The third-order valence-corrected chi connectivity index (χ3v) is 8.58. The van der Waals surface area contributed by atoms with Gasteiger partial charge in [0.1, 0.15) is 12.4 Å². The molecule has 268 valence electrons. The number of carbonyl (C=O) groups excluding carboxylic acids is 3. The van der Waals surface area contributed by atoms with Crippen molar-refractivity contribution in [3.63, 3.8) is 0 Å². The Morgan fingerprint density at radius 1 is 1.20 bits per heavy atom. The van der Waals surface area contributed by atoms with Gasteiger partial charge in [-0.15, -0.1) is 10.2 Å². The number of ether oxygens (including phenoxy) is 2. The molecule has 0 spiro atoms. The highest BCUT2D eigenvalue weighted by molar-refractivity contribution is 5.84. The maximum Gasteiger partial charge on any atom is 0.346 e. The van der Waals surface area contributed by atoms with Crippen molar-refractivity contribution in [3.05, 3.63) is 84.1 Å². The number of fused-ring (bicyclic) bond motifs is 4. The summed E-state index contributed by atoms with van der Waals surface area (Å²) in [5, 5.41) is 19.0. The van der Waals surface area contributed by atoms with E-state index in [1.54, 1.807) is 29.7 Å². The highest BCUT2D eigenvalue weighted by Gasteiger charge is 2.45. The monoisotopic (exact) mass is 703 g/mol. The van der Waals surface area contributed by atoms with E-state index in [-0.39, 0.29) is 49.1 Å². The molecule has 15 nitrogen and oxygen atoms in total. The van der Waals surface area contributed by atoms with Gasteiger partial charge in [-0.05, 0) is 62.9 Å². The van der Waals surface area contributed by atoms with Gasteiger partial charge in [0.05, 0.1) is 35.0 Å². The Kier molecular flexibility index (Phi) is 11.3. The normalized spacial score (nSPS) is 17.0. The number of aromatic amines is 1. The van der Waals surface area contributed by atoms with Crippen LogP contribution in [-0.4, -0.2) is 68.0 Å². The zero-order chi connectivity index (χ0) is 36.9. The van der Waals surface area contributed by atoms with Gasteiger partial charge in [-0.3, -0.25) is 19.4 Å². The average molecular weight is 704 g/mol. The van der Waals surface area contributed by atoms with Crippen molar-refractivity contribution in [1.82, 2.24) is 24.4 Å². The summed E-state index contributed by atoms with van der Waals surface area (Å²) >= 11 is 0. The molecule has 0 radical (unpaired) electrons. The molecule has 0 saturated carbocycles. The quantitative estimate of drug-likeness (QED) is 0.0894. The molecule has 2 aliphatic heterocycles. The topological polar surface area (TPSA) is 198 Å². The summed E-state index contributed by atoms with van der Waals surface area (Å²) in [6.07, 6.45) is 5.99. The number of esters is 2. The summed E-state index contributed by atoms with van der Waals surface area (Å²) in [5.74, 6) is -2.85. The molecular formula is C35H38FN7O8. The number of allylic oxidation sites excluding steroid dienone is 1. The van der Waals surface area contributed by atoms with Crippen molar-refractivity contribution in [3.8, 4) is 11.4 Å². The highest BCUT2D eigenvalue weighted by atomic mass is 19.1. The Morgan fingerprint density at radius 3 is 2.71 bits per heavy atom. The lowest BCUT2D eigenvalue weighted by Crippen LogP contribution is -2.44. The summed E-state index contributed by atoms with van der Waals surface area (Å²) in [6, 6.07) is 3.47. The Balaban J connectivity index is 1.26. The van der Waals surface area contributed by atoms with E-state index in [2.05, 4.69) is 21.8 Å². The van der Waals surface area contributed by atoms with Crippen molar-refractivity contribution in [2.45, 2.75) is 70.6 Å². The van der Waals surface area contributed by atoms with Gasteiger partial charge in [0.2, 0.25) is 0 Å². The number of aliphatic hydroxyl groups is 1. The van der Waals surface area contributed by atoms with Crippen LogP contribution < -0.4 is 21.8 Å². The fraction of sp³-hybridized carbons (Fsp3) is 0.400. The van der Waals surface area contributed by atoms with E-state index in [1.807, 2.05) is 30.0 Å². The summed E-state index contributed by atoms with van der Waals surface area (Å²) in [4.78, 5) is 73.9. The predicted octanol–water partition coefficient (Wildman–Crippen LogP) is 1.98. The first-order valence-corrected chi connectivity index (χ1v) is 16.4. The molecule has 0 aromatic carbocycles. The van der Waals surface area contributed by atoms with Crippen molar-refractivity contribution in [2.24, 2.45) is 10.2 Å². The summed E-state index contributed by atoms with van der Waals surface area (Å²) in [6.45, 7) is 6.40. The molecule has 3 aromatic heterocycles. The van der Waals surface area contributed by atoms with Crippen LogP contribution in [0, 0.1) is 5.82 Å². The number of pyridine rings is 2. The van der Waals surface area contributed by atoms with Gasteiger partial charge in [-0.2, -0.15) is 4.98 Å². The molecule has 0 saturated heterocycles. The second-order valence-corrected chi connectivity index (χ2v) is 12.5. The van der Waals surface area contributed by atoms with Gasteiger partial charge in [0.15, 0.2) is 17.2 Å².